The van der Waals surface area contributed by atoms with Crippen LogP contribution in [0.2, 0.25) is 0 Å². The Kier molecular flexibility index (Phi) is 3.36. The molecule has 0 aliphatic carbocycles. The summed E-state index contributed by atoms with van der Waals surface area (Å²) in [5.74, 6) is 0.0872. The van der Waals surface area contributed by atoms with E-state index in [0.717, 1.165) is 23.8 Å². The smallest absolute Gasteiger partial charge is 0.246 e. The summed E-state index contributed by atoms with van der Waals surface area (Å²) in [5.41, 5.74) is 0. The predicted molar refractivity (Wildman–Crippen MR) is 53.8 cm³/mol. The van der Waals surface area contributed by atoms with Gasteiger partial charge in [-0.15, -0.1) is 0 Å². The molecule has 0 aromatic heterocycles. The van der Waals surface area contributed by atoms with Crippen molar-refractivity contribution in [2.75, 3.05) is 11.0 Å². The summed E-state index contributed by atoms with van der Waals surface area (Å²) in [5, 5.41) is 0. The van der Waals surface area contributed by atoms with Crippen LogP contribution < -0.4 is 0 Å². The molecule has 1 unspecified atom stereocenters. The van der Waals surface area contributed by atoms with E-state index in [1.54, 1.807) is 0 Å². The normalized spacial score (nSPS) is 23.7. The highest BCUT2D eigenvalue weighted by Gasteiger charge is 2.25. The van der Waals surface area contributed by atoms with Crippen LogP contribution in [0.4, 0.5) is 0 Å². The standard InChI is InChI=1S/C8H12INO/c1-2-8(11)10-5-3-4-7(10)6-9/h2,7H,1,3-6H2. The second-order valence-corrected chi connectivity index (χ2v) is 3.57. The molecule has 1 heterocycles. The summed E-state index contributed by atoms with van der Waals surface area (Å²) in [4.78, 5) is 13.1. The van der Waals surface area contributed by atoms with E-state index in [9.17, 15) is 4.79 Å². The maximum atomic E-state index is 11.2. The number of amides is 1. The Labute approximate surface area is 80.8 Å². The van der Waals surface area contributed by atoms with Gasteiger partial charge in [0.1, 0.15) is 0 Å². The van der Waals surface area contributed by atoms with Crippen LogP contribution in [0, 0.1) is 0 Å². The number of carbonyl (C=O) groups is 1. The first kappa shape index (κ1) is 9.03. The van der Waals surface area contributed by atoms with E-state index in [4.69, 9.17) is 0 Å². The highest BCUT2D eigenvalue weighted by molar-refractivity contribution is 14.1. The summed E-state index contributed by atoms with van der Waals surface area (Å²) in [6.45, 7) is 4.40. The van der Waals surface area contributed by atoms with Gasteiger partial charge in [-0.25, -0.2) is 0 Å². The van der Waals surface area contributed by atoms with Crippen LogP contribution in [0.5, 0.6) is 0 Å². The molecule has 1 atom stereocenters. The molecule has 1 rings (SSSR count). The van der Waals surface area contributed by atoms with Crippen molar-refractivity contribution in [2.45, 2.75) is 18.9 Å². The molecule has 1 aliphatic heterocycles. The quantitative estimate of drug-likeness (QED) is 0.422. The molecular formula is C8H12INO. The lowest BCUT2D eigenvalue weighted by molar-refractivity contribution is -0.126. The first-order chi connectivity index (χ1) is 5.29. The molecule has 0 saturated carbocycles. The lowest BCUT2D eigenvalue weighted by Gasteiger charge is -2.20. The van der Waals surface area contributed by atoms with Gasteiger partial charge in [0.05, 0.1) is 0 Å². The molecule has 1 amide bonds. The van der Waals surface area contributed by atoms with Crippen molar-refractivity contribution in [1.29, 1.82) is 0 Å². The molecule has 0 N–H and O–H groups in total. The SMILES string of the molecule is C=CC(=O)N1CCCC1CI. The average Bonchev–Trinajstić information content (AvgIpc) is 2.50. The van der Waals surface area contributed by atoms with Crippen molar-refractivity contribution < 1.29 is 4.79 Å². The van der Waals surface area contributed by atoms with Crippen LogP contribution >= 0.6 is 22.6 Å². The highest BCUT2D eigenvalue weighted by Crippen LogP contribution is 2.18. The van der Waals surface area contributed by atoms with E-state index in [-0.39, 0.29) is 5.91 Å². The number of hydrogen-bond acceptors (Lipinski definition) is 1. The van der Waals surface area contributed by atoms with Crippen LogP contribution in [0.25, 0.3) is 0 Å². The van der Waals surface area contributed by atoms with Gasteiger partial charge in [0.15, 0.2) is 0 Å². The minimum atomic E-state index is 0.0872. The topological polar surface area (TPSA) is 20.3 Å². The van der Waals surface area contributed by atoms with Crippen molar-refractivity contribution in [1.82, 2.24) is 4.90 Å². The maximum absolute atomic E-state index is 11.2. The van der Waals surface area contributed by atoms with Crippen molar-refractivity contribution in [2.24, 2.45) is 0 Å². The minimum absolute atomic E-state index is 0.0872. The highest BCUT2D eigenvalue weighted by atomic mass is 127. The number of rotatable bonds is 2. The Morgan fingerprint density at radius 2 is 2.55 bits per heavy atom. The molecule has 0 radical (unpaired) electrons. The number of nitrogens with zero attached hydrogens (tertiary/aromatic N) is 1. The largest absolute Gasteiger partial charge is 0.335 e. The number of carbonyl (C=O) groups excluding carboxylic acids is 1. The Hall–Kier alpha value is -0.0600. The summed E-state index contributed by atoms with van der Waals surface area (Å²) in [7, 11) is 0. The zero-order chi connectivity index (χ0) is 8.27. The molecule has 2 nitrogen and oxygen atoms in total. The third-order valence-electron chi connectivity index (χ3n) is 2.01. The van der Waals surface area contributed by atoms with Gasteiger partial charge in [0, 0.05) is 17.0 Å². The fraction of sp³-hybridized carbons (Fsp3) is 0.625. The molecule has 1 fully saturated rings. The van der Waals surface area contributed by atoms with Crippen LogP contribution in [0.1, 0.15) is 12.8 Å². The zero-order valence-electron chi connectivity index (χ0n) is 6.42. The van der Waals surface area contributed by atoms with Gasteiger partial charge in [-0.2, -0.15) is 0 Å². The minimum Gasteiger partial charge on any atom is -0.335 e. The molecule has 62 valence electrons. The monoisotopic (exact) mass is 265 g/mol. The fourth-order valence-corrected chi connectivity index (χ4v) is 2.32. The molecular weight excluding hydrogens is 253 g/mol. The third-order valence-corrected chi connectivity index (χ3v) is 3.03. The number of halogens is 1. The predicted octanol–water partition coefficient (Wildman–Crippen LogP) is 1.60. The van der Waals surface area contributed by atoms with Gasteiger partial charge in [0.25, 0.3) is 0 Å². The van der Waals surface area contributed by atoms with Crippen LogP contribution in [-0.4, -0.2) is 27.8 Å². The lowest BCUT2D eigenvalue weighted by atomic mass is 10.2. The van der Waals surface area contributed by atoms with E-state index in [0.29, 0.717) is 6.04 Å². The summed E-state index contributed by atoms with van der Waals surface area (Å²) < 4.78 is 1.04. The van der Waals surface area contributed by atoms with Gasteiger partial charge in [0.2, 0.25) is 5.91 Å². The Morgan fingerprint density at radius 3 is 3.09 bits per heavy atom. The molecule has 1 saturated heterocycles. The van der Waals surface area contributed by atoms with Crippen molar-refractivity contribution >= 4 is 28.5 Å². The van der Waals surface area contributed by atoms with E-state index in [2.05, 4.69) is 29.2 Å². The second kappa shape index (κ2) is 4.09. The summed E-state index contributed by atoms with van der Waals surface area (Å²) in [6.07, 6.45) is 3.71. The average molecular weight is 265 g/mol. The first-order valence-corrected chi connectivity index (χ1v) is 5.31. The van der Waals surface area contributed by atoms with Crippen LogP contribution in [-0.2, 0) is 4.79 Å². The molecule has 11 heavy (non-hydrogen) atoms. The Balaban J connectivity index is 2.55. The maximum Gasteiger partial charge on any atom is 0.246 e. The second-order valence-electron chi connectivity index (χ2n) is 2.69. The number of hydrogen-bond donors (Lipinski definition) is 0. The van der Waals surface area contributed by atoms with Gasteiger partial charge in [-0.05, 0) is 18.9 Å². The molecule has 0 aromatic carbocycles. The van der Waals surface area contributed by atoms with Gasteiger partial charge >= 0.3 is 0 Å². The van der Waals surface area contributed by atoms with Crippen molar-refractivity contribution in [3.05, 3.63) is 12.7 Å². The van der Waals surface area contributed by atoms with Crippen LogP contribution in [0.3, 0.4) is 0 Å². The van der Waals surface area contributed by atoms with E-state index >= 15 is 0 Å². The Morgan fingerprint density at radius 1 is 1.82 bits per heavy atom. The van der Waals surface area contributed by atoms with E-state index in [1.807, 2.05) is 4.90 Å². The molecule has 3 heteroatoms. The molecule has 0 spiro atoms. The summed E-state index contributed by atoms with van der Waals surface area (Å²) >= 11 is 2.33. The molecule has 0 bridgehead atoms. The van der Waals surface area contributed by atoms with Gasteiger partial charge in [-0.1, -0.05) is 29.2 Å². The zero-order valence-corrected chi connectivity index (χ0v) is 8.58. The van der Waals surface area contributed by atoms with Crippen LogP contribution in [0.15, 0.2) is 12.7 Å². The molecule has 1 aliphatic rings. The summed E-state index contributed by atoms with van der Waals surface area (Å²) in [6, 6.07) is 0.459. The number of likely N-dealkylation sites (tertiary alicyclic amines) is 1. The Bertz CT molecular complexity index is 169. The van der Waals surface area contributed by atoms with Crippen molar-refractivity contribution in [3.63, 3.8) is 0 Å². The van der Waals surface area contributed by atoms with E-state index in [1.165, 1.54) is 6.08 Å². The van der Waals surface area contributed by atoms with E-state index < -0.39 is 0 Å². The lowest BCUT2D eigenvalue weighted by Crippen LogP contribution is -2.34. The first-order valence-electron chi connectivity index (χ1n) is 3.78. The molecule has 0 aromatic rings. The van der Waals surface area contributed by atoms with Gasteiger partial charge < -0.3 is 4.90 Å². The van der Waals surface area contributed by atoms with Crippen molar-refractivity contribution in [3.8, 4) is 0 Å². The third kappa shape index (κ3) is 1.95. The van der Waals surface area contributed by atoms with Gasteiger partial charge in [-0.3, -0.25) is 4.79 Å². The number of alkyl halides is 1. The fourth-order valence-electron chi connectivity index (χ4n) is 1.40.